The summed E-state index contributed by atoms with van der Waals surface area (Å²) >= 11 is 0. The Hall–Kier alpha value is -3.13. The second kappa shape index (κ2) is 9.49. The Morgan fingerprint density at radius 2 is 1.74 bits per heavy atom. The Balaban J connectivity index is 1.56. The minimum absolute atomic E-state index is 0.275. The molecule has 0 radical (unpaired) electrons. The SMILES string of the molecule is Cc1ccc(Nc2ccnc3ccc(S(=O)(=O)C4CCN(C(=O)OC(C)(C)C)CC4)cc23)cc1C. The van der Waals surface area contributed by atoms with Crippen LogP contribution in [0.3, 0.4) is 0 Å². The average Bonchev–Trinajstić information content (AvgIpc) is 2.80. The van der Waals surface area contributed by atoms with Crippen molar-refractivity contribution in [2.75, 3.05) is 18.4 Å². The van der Waals surface area contributed by atoms with Crippen molar-refractivity contribution in [1.29, 1.82) is 0 Å². The van der Waals surface area contributed by atoms with Crippen molar-refractivity contribution in [3.8, 4) is 0 Å². The largest absolute Gasteiger partial charge is 0.444 e. The van der Waals surface area contributed by atoms with Crippen LogP contribution in [-0.2, 0) is 14.6 Å². The van der Waals surface area contributed by atoms with Gasteiger partial charge in [0.1, 0.15) is 5.60 Å². The number of hydrogen-bond donors (Lipinski definition) is 1. The minimum Gasteiger partial charge on any atom is -0.444 e. The van der Waals surface area contributed by atoms with Crippen LogP contribution < -0.4 is 5.32 Å². The summed E-state index contributed by atoms with van der Waals surface area (Å²) in [6.45, 7) is 10.3. The van der Waals surface area contributed by atoms with Crippen molar-refractivity contribution < 1.29 is 17.9 Å². The second-order valence-electron chi connectivity index (χ2n) is 10.2. The molecule has 1 saturated heterocycles. The number of aryl methyl sites for hydroxylation is 2. The van der Waals surface area contributed by atoms with Gasteiger partial charge >= 0.3 is 6.09 Å². The topological polar surface area (TPSA) is 88.6 Å². The molecule has 1 N–H and O–H groups in total. The lowest BCUT2D eigenvalue weighted by molar-refractivity contribution is 0.0217. The number of aromatic nitrogens is 1. The number of piperidine rings is 1. The molecule has 2 heterocycles. The molecule has 1 aliphatic rings. The molecule has 1 aliphatic heterocycles. The summed E-state index contributed by atoms with van der Waals surface area (Å²) < 4.78 is 32.5. The van der Waals surface area contributed by atoms with Gasteiger partial charge in [-0.25, -0.2) is 13.2 Å². The highest BCUT2D eigenvalue weighted by Crippen LogP contribution is 2.31. The predicted octanol–water partition coefficient (Wildman–Crippen LogP) is 5.77. The third-order valence-electron chi connectivity index (χ3n) is 6.36. The molecular formula is C27H33N3O4S. The lowest BCUT2D eigenvalue weighted by atomic mass is 10.1. The molecular weight excluding hydrogens is 462 g/mol. The number of nitrogens with zero attached hydrogens (tertiary/aromatic N) is 2. The van der Waals surface area contributed by atoms with E-state index in [0.29, 0.717) is 25.9 Å². The summed E-state index contributed by atoms with van der Waals surface area (Å²) in [5.41, 5.74) is 4.26. The van der Waals surface area contributed by atoms with Gasteiger partial charge in [0, 0.05) is 36.0 Å². The Morgan fingerprint density at radius 3 is 2.40 bits per heavy atom. The number of rotatable bonds is 4. The lowest BCUT2D eigenvalue weighted by Gasteiger charge is -2.33. The molecule has 1 fully saturated rings. The van der Waals surface area contributed by atoms with Gasteiger partial charge in [0.15, 0.2) is 9.84 Å². The van der Waals surface area contributed by atoms with Crippen LogP contribution in [0.5, 0.6) is 0 Å². The minimum atomic E-state index is -3.57. The first-order valence-electron chi connectivity index (χ1n) is 11.9. The fraction of sp³-hybridized carbons (Fsp3) is 0.407. The molecule has 7 nitrogen and oxygen atoms in total. The highest BCUT2D eigenvalue weighted by molar-refractivity contribution is 7.92. The number of pyridine rings is 1. The number of carbonyl (C=O) groups is 1. The van der Waals surface area contributed by atoms with Crippen molar-refractivity contribution in [1.82, 2.24) is 9.88 Å². The number of nitrogens with one attached hydrogen (secondary N) is 1. The summed E-state index contributed by atoms with van der Waals surface area (Å²) in [6, 6.07) is 13.1. The van der Waals surface area contributed by atoms with E-state index in [2.05, 4.69) is 36.3 Å². The van der Waals surface area contributed by atoms with E-state index in [-0.39, 0.29) is 4.90 Å². The predicted molar refractivity (Wildman–Crippen MR) is 139 cm³/mol. The monoisotopic (exact) mass is 495 g/mol. The van der Waals surface area contributed by atoms with Crippen LogP contribution in [0, 0.1) is 13.8 Å². The maximum Gasteiger partial charge on any atom is 0.410 e. The first kappa shape index (κ1) is 25.0. The molecule has 4 rings (SSSR count). The van der Waals surface area contributed by atoms with E-state index >= 15 is 0 Å². The Morgan fingerprint density at radius 1 is 1.03 bits per heavy atom. The molecule has 1 amide bonds. The lowest BCUT2D eigenvalue weighted by Crippen LogP contribution is -2.44. The molecule has 3 aromatic rings. The highest BCUT2D eigenvalue weighted by atomic mass is 32.2. The Labute approximate surface area is 207 Å². The summed E-state index contributed by atoms with van der Waals surface area (Å²) in [5, 5.41) is 3.62. The van der Waals surface area contributed by atoms with Crippen molar-refractivity contribution in [2.24, 2.45) is 0 Å². The van der Waals surface area contributed by atoms with E-state index in [0.717, 1.165) is 22.3 Å². The normalized spacial score (nSPS) is 15.3. The number of hydrogen-bond acceptors (Lipinski definition) is 6. The number of fused-ring (bicyclic) bond motifs is 1. The molecule has 35 heavy (non-hydrogen) atoms. The van der Waals surface area contributed by atoms with Gasteiger partial charge < -0.3 is 15.0 Å². The Kier molecular flexibility index (Phi) is 6.77. The van der Waals surface area contributed by atoms with Gasteiger partial charge in [0.25, 0.3) is 0 Å². The first-order chi connectivity index (χ1) is 16.4. The van der Waals surface area contributed by atoms with Crippen LogP contribution in [0.2, 0.25) is 0 Å². The zero-order valence-corrected chi connectivity index (χ0v) is 21.8. The van der Waals surface area contributed by atoms with Gasteiger partial charge in [-0.3, -0.25) is 4.98 Å². The summed E-state index contributed by atoms with van der Waals surface area (Å²) in [7, 11) is -3.57. The number of carbonyl (C=O) groups excluding carboxylic acids is 1. The van der Waals surface area contributed by atoms with E-state index in [1.807, 2.05) is 32.9 Å². The number of sulfone groups is 1. The highest BCUT2D eigenvalue weighted by Gasteiger charge is 2.34. The standard InChI is InChI=1S/C27H33N3O4S/c1-18-6-7-20(16-19(18)2)29-25-10-13-28-24-9-8-22(17-23(24)25)35(32,33)21-11-14-30(15-12-21)26(31)34-27(3,4)5/h6-10,13,16-17,21H,11-12,14-15H2,1-5H3,(H,28,29). The van der Waals surface area contributed by atoms with E-state index < -0.39 is 26.8 Å². The van der Waals surface area contributed by atoms with Crippen LogP contribution in [-0.4, -0.2) is 48.3 Å². The van der Waals surface area contributed by atoms with Crippen LogP contribution in [0.25, 0.3) is 10.9 Å². The van der Waals surface area contributed by atoms with Gasteiger partial charge in [-0.2, -0.15) is 0 Å². The molecule has 0 aliphatic carbocycles. The third kappa shape index (κ3) is 5.59. The zero-order chi connectivity index (χ0) is 25.4. The molecule has 186 valence electrons. The maximum absolute atomic E-state index is 13.5. The molecule has 2 aromatic carbocycles. The van der Waals surface area contributed by atoms with E-state index in [1.165, 1.54) is 11.1 Å². The second-order valence-corrected chi connectivity index (χ2v) is 12.4. The molecule has 8 heteroatoms. The fourth-order valence-electron chi connectivity index (χ4n) is 4.25. The third-order valence-corrected chi connectivity index (χ3v) is 8.62. The van der Waals surface area contributed by atoms with E-state index in [4.69, 9.17) is 4.74 Å². The average molecular weight is 496 g/mol. The zero-order valence-electron chi connectivity index (χ0n) is 21.0. The summed E-state index contributed by atoms with van der Waals surface area (Å²) in [5.74, 6) is 0. The molecule has 0 saturated carbocycles. The van der Waals surface area contributed by atoms with Crippen molar-refractivity contribution >= 4 is 38.2 Å². The number of likely N-dealkylation sites (tertiary alicyclic amines) is 1. The number of amides is 1. The fourth-order valence-corrected chi connectivity index (χ4v) is 6.01. The Bertz CT molecular complexity index is 1350. The number of ether oxygens (including phenoxy) is 1. The van der Waals surface area contributed by atoms with Crippen molar-refractivity contribution in [3.63, 3.8) is 0 Å². The molecule has 0 atom stereocenters. The molecule has 0 spiro atoms. The van der Waals surface area contributed by atoms with E-state index in [9.17, 15) is 13.2 Å². The van der Waals surface area contributed by atoms with Gasteiger partial charge in [0.05, 0.1) is 15.7 Å². The smallest absolute Gasteiger partial charge is 0.410 e. The van der Waals surface area contributed by atoms with Crippen LogP contribution >= 0.6 is 0 Å². The number of anilines is 2. The van der Waals surface area contributed by atoms with Crippen molar-refractivity contribution in [2.45, 2.75) is 63.2 Å². The number of benzene rings is 2. The van der Waals surface area contributed by atoms with Crippen LogP contribution in [0.1, 0.15) is 44.7 Å². The molecule has 0 unspecified atom stereocenters. The molecule has 1 aromatic heterocycles. The van der Waals surface area contributed by atoms with E-state index in [1.54, 1.807) is 29.3 Å². The van der Waals surface area contributed by atoms with Gasteiger partial charge in [-0.15, -0.1) is 0 Å². The summed E-state index contributed by atoms with van der Waals surface area (Å²) in [4.78, 5) is 18.6. The summed E-state index contributed by atoms with van der Waals surface area (Å²) in [6.07, 6.45) is 2.07. The first-order valence-corrected chi connectivity index (χ1v) is 13.4. The molecule has 0 bridgehead atoms. The van der Waals surface area contributed by atoms with Crippen LogP contribution in [0.4, 0.5) is 16.2 Å². The quantitative estimate of drug-likeness (QED) is 0.494. The van der Waals surface area contributed by atoms with Gasteiger partial charge in [0.2, 0.25) is 0 Å². The van der Waals surface area contributed by atoms with Crippen molar-refractivity contribution in [3.05, 3.63) is 59.8 Å². The van der Waals surface area contributed by atoms with Crippen LogP contribution in [0.15, 0.2) is 53.6 Å². The maximum atomic E-state index is 13.5. The van der Waals surface area contributed by atoms with Gasteiger partial charge in [-0.05, 0) is 95.0 Å². The van der Waals surface area contributed by atoms with Gasteiger partial charge in [-0.1, -0.05) is 6.07 Å².